The molecule has 0 aliphatic rings. The number of nitrogens with one attached hydrogen (secondary N) is 1. The van der Waals surface area contributed by atoms with Crippen molar-refractivity contribution in [2.45, 2.75) is 19.4 Å². The molecule has 0 aliphatic carbocycles. The van der Waals surface area contributed by atoms with Crippen molar-refractivity contribution >= 4 is 34.1 Å². The van der Waals surface area contributed by atoms with Gasteiger partial charge in [-0.05, 0) is 12.7 Å². The van der Waals surface area contributed by atoms with Crippen LogP contribution in [0, 0.1) is 0 Å². The maximum absolute atomic E-state index is 12.1. The third kappa shape index (κ3) is 3.57. The number of nitrogens with zero attached hydrogens (tertiary/aromatic N) is 3. The fourth-order valence-electron chi connectivity index (χ4n) is 1.42. The fourth-order valence-corrected chi connectivity index (χ4v) is 2.95. The molecule has 1 unspecified atom stereocenters. The first-order chi connectivity index (χ1) is 8.13. The number of amides is 1. The van der Waals surface area contributed by atoms with E-state index in [1.54, 1.807) is 23.7 Å². The minimum Gasteiger partial charge on any atom is -0.363 e. The topological polar surface area (TPSA) is 58.1 Å². The van der Waals surface area contributed by atoms with Gasteiger partial charge in [0.1, 0.15) is 0 Å². The van der Waals surface area contributed by atoms with E-state index >= 15 is 0 Å². The van der Waals surface area contributed by atoms with Gasteiger partial charge in [-0.3, -0.25) is 4.79 Å². The van der Waals surface area contributed by atoms with Crippen molar-refractivity contribution in [1.29, 1.82) is 0 Å². The van der Waals surface area contributed by atoms with Crippen molar-refractivity contribution in [2.75, 3.05) is 31.4 Å². The van der Waals surface area contributed by atoms with Gasteiger partial charge < -0.3 is 10.2 Å². The Balaban J connectivity index is 2.74. The fraction of sp³-hybridized carbons (Fsp3) is 0.700. The Morgan fingerprint density at radius 2 is 2.29 bits per heavy atom. The van der Waals surface area contributed by atoms with Gasteiger partial charge in [0.15, 0.2) is 0 Å². The summed E-state index contributed by atoms with van der Waals surface area (Å²) in [6.45, 7) is 2.09. The van der Waals surface area contributed by atoms with Crippen LogP contribution >= 0.6 is 23.1 Å². The number of rotatable bonds is 6. The zero-order valence-corrected chi connectivity index (χ0v) is 12.2. The predicted molar refractivity (Wildman–Crippen MR) is 74.0 cm³/mol. The van der Waals surface area contributed by atoms with E-state index in [0.717, 1.165) is 12.2 Å². The molecule has 1 atom stereocenters. The van der Waals surface area contributed by atoms with Crippen LogP contribution in [0.25, 0.3) is 0 Å². The highest BCUT2D eigenvalue weighted by molar-refractivity contribution is 7.98. The minimum absolute atomic E-state index is 0.0510. The molecule has 1 aromatic rings. The van der Waals surface area contributed by atoms with E-state index in [9.17, 15) is 4.79 Å². The van der Waals surface area contributed by atoms with Crippen LogP contribution in [0.1, 0.15) is 23.1 Å². The highest BCUT2D eigenvalue weighted by Crippen LogP contribution is 2.18. The van der Waals surface area contributed by atoms with Gasteiger partial charge in [0.05, 0.1) is 0 Å². The highest BCUT2D eigenvalue weighted by Gasteiger charge is 2.22. The van der Waals surface area contributed by atoms with Gasteiger partial charge in [0, 0.05) is 25.9 Å². The third-order valence-electron chi connectivity index (χ3n) is 2.52. The summed E-state index contributed by atoms with van der Waals surface area (Å²) in [4.78, 5) is 13.9. The molecule has 1 rings (SSSR count). The second kappa shape index (κ2) is 6.80. The number of hydrogen-bond acceptors (Lipinski definition) is 6. The molecular weight excluding hydrogens is 256 g/mol. The van der Waals surface area contributed by atoms with Gasteiger partial charge in [-0.1, -0.05) is 18.3 Å². The van der Waals surface area contributed by atoms with E-state index in [-0.39, 0.29) is 11.9 Å². The molecule has 0 radical (unpaired) electrons. The molecule has 0 aromatic carbocycles. The van der Waals surface area contributed by atoms with Gasteiger partial charge in [0.2, 0.25) is 10.1 Å². The van der Waals surface area contributed by atoms with Crippen LogP contribution in [-0.2, 0) is 0 Å². The molecule has 1 N–H and O–H groups in total. The summed E-state index contributed by atoms with van der Waals surface area (Å²) >= 11 is 3.03. The van der Waals surface area contributed by atoms with E-state index in [1.807, 2.05) is 13.3 Å². The van der Waals surface area contributed by atoms with Crippen LogP contribution in [0.2, 0.25) is 0 Å². The summed E-state index contributed by atoms with van der Waals surface area (Å²) in [6, 6.07) is 0.249. The molecule has 0 saturated heterocycles. The molecule has 7 heteroatoms. The highest BCUT2D eigenvalue weighted by atomic mass is 32.2. The largest absolute Gasteiger partial charge is 0.363 e. The lowest BCUT2D eigenvalue weighted by Gasteiger charge is -2.25. The molecule has 17 heavy (non-hydrogen) atoms. The summed E-state index contributed by atoms with van der Waals surface area (Å²) in [5, 5.41) is 11.8. The first kappa shape index (κ1) is 14.2. The summed E-state index contributed by atoms with van der Waals surface area (Å²) in [5.41, 5.74) is 0. The first-order valence-electron chi connectivity index (χ1n) is 5.41. The van der Waals surface area contributed by atoms with E-state index in [2.05, 4.69) is 22.4 Å². The lowest BCUT2D eigenvalue weighted by atomic mass is 10.2. The molecule has 5 nitrogen and oxygen atoms in total. The quantitative estimate of drug-likeness (QED) is 0.857. The van der Waals surface area contributed by atoms with Crippen LogP contribution in [0.5, 0.6) is 0 Å². The molecule has 1 heterocycles. The second-order valence-electron chi connectivity index (χ2n) is 3.60. The molecule has 1 aromatic heterocycles. The Morgan fingerprint density at radius 1 is 1.59 bits per heavy atom. The SMILES string of the molecule is CCC(CSC)N(C)C(=O)c1nnc(NC)s1. The van der Waals surface area contributed by atoms with Crippen LogP contribution in [0.4, 0.5) is 5.13 Å². The van der Waals surface area contributed by atoms with Crippen molar-refractivity contribution in [3.8, 4) is 0 Å². The minimum atomic E-state index is -0.0510. The zero-order valence-electron chi connectivity index (χ0n) is 10.6. The number of carbonyl (C=O) groups excluding carboxylic acids is 1. The standard InChI is InChI=1S/C10H18N4OS2/c1-5-7(6-16-4)14(3)9(15)8-12-13-10(11-2)17-8/h7H,5-6H2,1-4H3,(H,11,13). The summed E-state index contributed by atoms with van der Waals surface area (Å²) < 4.78 is 0. The van der Waals surface area contributed by atoms with Crippen molar-refractivity contribution < 1.29 is 4.79 Å². The van der Waals surface area contributed by atoms with Crippen molar-refractivity contribution in [3.63, 3.8) is 0 Å². The third-order valence-corrected chi connectivity index (χ3v) is 4.17. The molecule has 0 fully saturated rings. The van der Waals surface area contributed by atoms with Crippen LogP contribution in [0.15, 0.2) is 0 Å². The zero-order chi connectivity index (χ0) is 12.8. The smallest absolute Gasteiger partial charge is 0.284 e. The maximum atomic E-state index is 12.1. The Bertz CT molecular complexity index is 369. The normalized spacial score (nSPS) is 12.2. The molecule has 0 aliphatic heterocycles. The Labute approximate surface area is 110 Å². The molecule has 0 spiro atoms. The number of hydrogen-bond donors (Lipinski definition) is 1. The van der Waals surface area contributed by atoms with Crippen molar-refractivity contribution in [1.82, 2.24) is 15.1 Å². The maximum Gasteiger partial charge on any atom is 0.284 e. The number of anilines is 1. The number of carbonyl (C=O) groups is 1. The van der Waals surface area contributed by atoms with Gasteiger partial charge in [-0.2, -0.15) is 11.8 Å². The molecule has 0 saturated carbocycles. The lowest BCUT2D eigenvalue weighted by molar-refractivity contribution is 0.0742. The monoisotopic (exact) mass is 274 g/mol. The number of thioether (sulfide) groups is 1. The number of aromatic nitrogens is 2. The lowest BCUT2D eigenvalue weighted by Crippen LogP contribution is -2.38. The second-order valence-corrected chi connectivity index (χ2v) is 5.48. The molecular formula is C10H18N4OS2. The average molecular weight is 274 g/mol. The molecule has 0 bridgehead atoms. The Kier molecular flexibility index (Phi) is 5.70. The van der Waals surface area contributed by atoms with Gasteiger partial charge in [0.25, 0.3) is 5.91 Å². The summed E-state index contributed by atoms with van der Waals surface area (Å²) in [6.07, 6.45) is 2.99. The summed E-state index contributed by atoms with van der Waals surface area (Å²) in [7, 11) is 3.59. The Hall–Kier alpha value is -0.820. The van der Waals surface area contributed by atoms with E-state index in [4.69, 9.17) is 0 Å². The average Bonchev–Trinajstić information content (AvgIpc) is 2.82. The van der Waals surface area contributed by atoms with Crippen molar-refractivity contribution in [2.24, 2.45) is 0 Å². The van der Waals surface area contributed by atoms with E-state index < -0.39 is 0 Å². The van der Waals surface area contributed by atoms with Crippen molar-refractivity contribution in [3.05, 3.63) is 5.01 Å². The van der Waals surface area contributed by atoms with Gasteiger partial charge in [-0.25, -0.2) is 0 Å². The van der Waals surface area contributed by atoms with Crippen LogP contribution < -0.4 is 5.32 Å². The first-order valence-corrected chi connectivity index (χ1v) is 7.62. The van der Waals surface area contributed by atoms with Gasteiger partial charge in [-0.15, -0.1) is 10.2 Å². The van der Waals surface area contributed by atoms with Gasteiger partial charge >= 0.3 is 0 Å². The predicted octanol–water partition coefficient (Wildman–Crippen LogP) is 1.79. The Morgan fingerprint density at radius 3 is 2.76 bits per heavy atom. The van der Waals surface area contributed by atoms with E-state index in [0.29, 0.717) is 10.1 Å². The summed E-state index contributed by atoms with van der Waals surface area (Å²) in [5.74, 6) is 0.890. The van der Waals surface area contributed by atoms with E-state index in [1.165, 1.54) is 11.3 Å². The molecule has 1 amide bonds. The van der Waals surface area contributed by atoms with Crippen LogP contribution in [-0.4, -0.2) is 53.2 Å². The van der Waals surface area contributed by atoms with Crippen LogP contribution in [0.3, 0.4) is 0 Å². The molecule has 96 valence electrons.